The molecule has 2 heterocycles. The van der Waals surface area contributed by atoms with Gasteiger partial charge in [0.05, 0.1) is 16.8 Å². The van der Waals surface area contributed by atoms with E-state index in [4.69, 9.17) is 16.0 Å². The minimum Gasteiger partial charge on any atom is -0.469 e. The molecule has 18 heavy (non-hydrogen) atoms. The van der Waals surface area contributed by atoms with Crippen LogP contribution < -0.4 is 0 Å². The zero-order valence-corrected chi connectivity index (χ0v) is 10.9. The summed E-state index contributed by atoms with van der Waals surface area (Å²) in [5.74, 6) is 0.679. The Morgan fingerprint density at radius 1 is 1.50 bits per heavy atom. The number of halogens is 1. The van der Waals surface area contributed by atoms with Crippen LogP contribution in [0.4, 0.5) is 0 Å². The van der Waals surface area contributed by atoms with Gasteiger partial charge in [-0.3, -0.25) is 9.78 Å². The normalized spacial score (nSPS) is 10.4. The second-order valence-corrected chi connectivity index (χ2v) is 4.43. The van der Waals surface area contributed by atoms with Gasteiger partial charge in [0.25, 0.3) is 5.91 Å². The highest BCUT2D eigenvalue weighted by Gasteiger charge is 2.16. The molecule has 0 atom stereocenters. The molecular weight excluding hydrogens is 252 g/mol. The van der Waals surface area contributed by atoms with Crippen LogP contribution in [0.15, 0.2) is 35.2 Å². The van der Waals surface area contributed by atoms with E-state index in [1.165, 1.54) is 6.20 Å². The molecule has 0 aliphatic carbocycles. The summed E-state index contributed by atoms with van der Waals surface area (Å²) in [6.07, 6.45) is 4.63. The number of rotatable bonds is 3. The Hall–Kier alpha value is -1.81. The van der Waals surface area contributed by atoms with Crippen LogP contribution in [0.1, 0.15) is 21.7 Å². The fourth-order valence-electron chi connectivity index (χ4n) is 1.66. The number of amides is 1. The first-order valence-corrected chi connectivity index (χ1v) is 5.85. The number of furan rings is 1. The Kier molecular flexibility index (Phi) is 3.67. The van der Waals surface area contributed by atoms with E-state index in [0.29, 0.717) is 17.1 Å². The largest absolute Gasteiger partial charge is 0.469 e. The van der Waals surface area contributed by atoms with Crippen molar-refractivity contribution in [3.05, 3.63) is 52.7 Å². The molecule has 0 N–H and O–H groups in total. The van der Waals surface area contributed by atoms with E-state index in [9.17, 15) is 4.79 Å². The lowest BCUT2D eigenvalue weighted by molar-refractivity contribution is 0.0784. The van der Waals surface area contributed by atoms with Crippen LogP contribution in [0.2, 0.25) is 5.02 Å². The molecule has 0 spiro atoms. The summed E-state index contributed by atoms with van der Waals surface area (Å²) in [5, 5.41) is 0.360. The Balaban J connectivity index is 2.15. The minimum atomic E-state index is -0.136. The van der Waals surface area contributed by atoms with Crippen molar-refractivity contribution < 1.29 is 9.21 Å². The van der Waals surface area contributed by atoms with Crippen LogP contribution in [0, 0.1) is 6.92 Å². The summed E-state index contributed by atoms with van der Waals surface area (Å²) >= 11 is 5.95. The fraction of sp³-hybridized carbons (Fsp3) is 0.231. The van der Waals surface area contributed by atoms with Gasteiger partial charge in [-0.2, -0.15) is 0 Å². The highest BCUT2D eigenvalue weighted by Crippen LogP contribution is 2.17. The molecule has 4 nitrogen and oxygen atoms in total. The lowest BCUT2D eigenvalue weighted by Gasteiger charge is -2.17. The van der Waals surface area contributed by atoms with E-state index < -0.39 is 0 Å². The van der Waals surface area contributed by atoms with Gasteiger partial charge in [-0.05, 0) is 19.1 Å². The van der Waals surface area contributed by atoms with Gasteiger partial charge < -0.3 is 9.32 Å². The molecule has 94 valence electrons. The second-order valence-electron chi connectivity index (χ2n) is 4.02. The average molecular weight is 265 g/mol. The number of pyridine rings is 1. The topological polar surface area (TPSA) is 46.3 Å². The number of carbonyl (C=O) groups excluding carboxylic acids is 1. The maximum absolute atomic E-state index is 12.2. The molecule has 1 amide bonds. The second kappa shape index (κ2) is 5.23. The van der Waals surface area contributed by atoms with Gasteiger partial charge >= 0.3 is 0 Å². The summed E-state index contributed by atoms with van der Waals surface area (Å²) in [7, 11) is 1.73. The van der Waals surface area contributed by atoms with E-state index in [2.05, 4.69) is 4.98 Å². The first-order chi connectivity index (χ1) is 8.59. The smallest absolute Gasteiger partial charge is 0.255 e. The van der Waals surface area contributed by atoms with Crippen molar-refractivity contribution in [2.45, 2.75) is 13.5 Å². The first-order valence-electron chi connectivity index (χ1n) is 5.47. The standard InChI is InChI=1S/C13H13ClN2O2/c1-9-10(4-6-18-9)8-16(2)13(17)11-3-5-15-7-12(11)14/h3-7H,8H2,1-2H3. The number of aryl methyl sites for hydroxylation is 1. The van der Waals surface area contributed by atoms with Crippen LogP contribution in [-0.2, 0) is 6.54 Å². The SMILES string of the molecule is Cc1occc1CN(C)C(=O)c1ccncc1Cl. The van der Waals surface area contributed by atoms with E-state index in [1.807, 2.05) is 13.0 Å². The van der Waals surface area contributed by atoms with E-state index in [0.717, 1.165) is 11.3 Å². The summed E-state index contributed by atoms with van der Waals surface area (Å²) in [6.45, 7) is 2.35. The Labute approximate surface area is 110 Å². The van der Waals surface area contributed by atoms with Crippen molar-refractivity contribution in [1.82, 2.24) is 9.88 Å². The van der Waals surface area contributed by atoms with Crippen molar-refractivity contribution in [1.29, 1.82) is 0 Å². The van der Waals surface area contributed by atoms with Gasteiger partial charge in [0.2, 0.25) is 0 Å². The number of nitrogens with zero attached hydrogens (tertiary/aromatic N) is 2. The van der Waals surface area contributed by atoms with Crippen molar-refractivity contribution in [2.75, 3.05) is 7.05 Å². The molecule has 0 fully saturated rings. The predicted molar refractivity (Wildman–Crippen MR) is 68.5 cm³/mol. The maximum atomic E-state index is 12.2. The third-order valence-electron chi connectivity index (χ3n) is 2.72. The van der Waals surface area contributed by atoms with Gasteiger partial charge in [0.15, 0.2) is 0 Å². The molecule has 0 aliphatic rings. The van der Waals surface area contributed by atoms with Crippen LogP contribution in [0.5, 0.6) is 0 Å². The summed E-state index contributed by atoms with van der Waals surface area (Å²) in [6, 6.07) is 3.47. The third kappa shape index (κ3) is 2.54. The van der Waals surface area contributed by atoms with Crippen molar-refractivity contribution in [3.63, 3.8) is 0 Å². The lowest BCUT2D eigenvalue weighted by atomic mass is 10.2. The maximum Gasteiger partial charge on any atom is 0.255 e. The third-order valence-corrected chi connectivity index (χ3v) is 3.02. The summed E-state index contributed by atoms with van der Waals surface area (Å²) in [5.41, 5.74) is 1.44. The summed E-state index contributed by atoms with van der Waals surface area (Å²) < 4.78 is 5.20. The quantitative estimate of drug-likeness (QED) is 0.856. The first kappa shape index (κ1) is 12.6. The Morgan fingerprint density at radius 2 is 2.28 bits per heavy atom. The number of aromatic nitrogens is 1. The predicted octanol–water partition coefficient (Wildman–Crippen LogP) is 2.91. The van der Waals surface area contributed by atoms with Gasteiger partial charge in [0.1, 0.15) is 5.76 Å². The van der Waals surface area contributed by atoms with Gasteiger partial charge in [0, 0.05) is 31.5 Å². The molecule has 0 aliphatic heterocycles. The number of carbonyl (C=O) groups is 1. The molecule has 0 bridgehead atoms. The van der Waals surface area contributed by atoms with E-state index in [1.54, 1.807) is 30.5 Å². The summed E-state index contributed by atoms with van der Waals surface area (Å²) in [4.78, 5) is 17.6. The highest BCUT2D eigenvalue weighted by atomic mass is 35.5. The van der Waals surface area contributed by atoms with E-state index in [-0.39, 0.29) is 5.91 Å². The monoisotopic (exact) mass is 264 g/mol. The van der Waals surface area contributed by atoms with Crippen LogP contribution >= 0.6 is 11.6 Å². The Morgan fingerprint density at radius 3 is 2.89 bits per heavy atom. The molecule has 5 heteroatoms. The van der Waals surface area contributed by atoms with Crippen LogP contribution in [0.3, 0.4) is 0 Å². The zero-order valence-electron chi connectivity index (χ0n) is 10.2. The number of hydrogen-bond donors (Lipinski definition) is 0. The molecule has 0 saturated carbocycles. The van der Waals surface area contributed by atoms with E-state index >= 15 is 0 Å². The molecule has 2 rings (SSSR count). The minimum absolute atomic E-state index is 0.136. The molecular formula is C13H13ClN2O2. The molecule has 0 radical (unpaired) electrons. The number of hydrogen-bond acceptors (Lipinski definition) is 3. The van der Waals surface area contributed by atoms with Gasteiger partial charge in [-0.15, -0.1) is 0 Å². The molecule has 2 aromatic rings. The van der Waals surface area contributed by atoms with Gasteiger partial charge in [-0.25, -0.2) is 0 Å². The molecule has 0 aromatic carbocycles. The molecule has 0 unspecified atom stereocenters. The van der Waals surface area contributed by atoms with Crippen molar-refractivity contribution in [3.8, 4) is 0 Å². The Bertz CT molecular complexity index is 566. The zero-order chi connectivity index (χ0) is 13.1. The average Bonchev–Trinajstić information content (AvgIpc) is 2.75. The highest BCUT2D eigenvalue weighted by molar-refractivity contribution is 6.33. The molecule has 2 aromatic heterocycles. The van der Waals surface area contributed by atoms with Gasteiger partial charge in [-0.1, -0.05) is 11.6 Å². The van der Waals surface area contributed by atoms with Crippen LogP contribution in [0.25, 0.3) is 0 Å². The lowest BCUT2D eigenvalue weighted by Crippen LogP contribution is -2.26. The molecule has 0 saturated heterocycles. The fourth-order valence-corrected chi connectivity index (χ4v) is 1.86. The van der Waals surface area contributed by atoms with Crippen molar-refractivity contribution >= 4 is 17.5 Å². The van der Waals surface area contributed by atoms with Crippen molar-refractivity contribution in [2.24, 2.45) is 0 Å². The van der Waals surface area contributed by atoms with Crippen LogP contribution in [-0.4, -0.2) is 22.8 Å².